The predicted molar refractivity (Wildman–Crippen MR) is 107 cm³/mol. The number of hydroxylamine groups is 1. The topological polar surface area (TPSA) is 26.1 Å². The Bertz CT molecular complexity index is 970. The minimum Gasteiger partial charge on any atom is -0.623 e. The van der Waals surface area contributed by atoms with E-state index >= 15 is 0 Å². The van der Waals surface area contributed by atoms with Crippen molar-refractivity contribution in [2.75, 3.05) is 0 Å². The van der Waals surface area contributed by atoms with E-state index in [-0.39, 0.29) is 6.04 Å². The second-order valence-corrected chi connectivity index (χ2v) is 6.25. The van der Waals surface area contributed by atoms with E-state index in [4.69, 9.17) is 0 Å². The summed E-state index contributed by atoms with van der Waals surface area (Å²) >= 11 is 0. The highest BCUT2D eigenvalue weighted by molar-refractivity contribution is 6.13. The Labute approximate surface area is 153 Å². The molecule has 1 atom stereocenters. The van der Waals surface area contributed by atoms with Gasteiger partial charge < -0.3 is 5.21 Å². The Morgan fingerprint density at radius 2 is 1.31 bits per heavy atom. The van der Waals surface area contributed by atoms with Gasteiger partial charge in [0, 0.05) is 11.1 Å². The van der Waals surface area contributed by atoms with Crippen molar-refractivity contribution in [3.05, 3.63) is 131 Å². The zero-order valence-corrected chi connectivity index (χ0v) is 14.3. The molecule has 3 aromatic carbocycles. The predicted octanol–water partition coefficient (Wildman–Crippen LogP) is 5.38. The molecule has 4 rings (SSSR count). The zero-order valence-electron chi connectivity index (χ0n) is 14.3. The van der Waals surface area contributed by atoms with Crippen molar-refractivity contribution in [3.8, 4) is 0 Å². The fourth-order valence-electron chi connectivity index (χ4n) is 3.28. The number of rotatable bonds is 4. The molecule has 0 fully saturated rings. The third-order valence-electron chi connectivity index (χ3n) is 4.55. The van der Waals surface area contributed by atoms with Gasteiger partial charge in [0.1, 0.15) is 0 Å². The smallest absolute Gasteiger partial charge is 0.229 e. The Hall–Kier alpha value is -3.39. The highest BCUT2D eigenvalue weighted by Crippen LogP contribution is 2.36. The first-order valence-corrected chi connectivity index (χ1v) is 8.72. The SMILES string of the molecule is [O-][N+]1=C(c2ccccc2)/C(=C/C=C/c2ccccc2)C1c1ccccc1. The molecule has 0 amide bonds. The van der Waals surface area contributed by atoms with Crippen molar-refractivity contribution in [2.24, 2.45) is 0 Å². The molecule has 2 heteroatoms. The highest BCUT2D eigenvalue weighted by atomic mass is 16.5. The van der Waals surface area contributed by atoms with Gasteiger partial charge in [0.2, 0.25) is 11.8 Å². The van der Waals surface area contributed by atoms with E-state index < -0.39 is 0 Å². The van der Waals surface area contributed by atoms with E-state index in [0.717, 1.165) is 32.7 Å². The summed E-state index contributed by atoms with van der Waals surface area (Å²) in [5.41, 5.74) is 4.90. The van der Waals surface area contributed by atoms with Crippen LogP contribution in [0.2, 0.25) is 0 Å². The lowest BCUT2D eigenvalue weighted by Crippen LogP contribution is -2.37. The summed E-state index contributed by atoms with van der Waals surface area (Å²) < 4.78 is 1.12. The van der Waals surface area contributed by atoms with Crippen molar-refractivity contribution in [2.45, 2.75) is 6.04 Å². The minimum atomic E-state index is -0.258. The average molecular weight is 337 g/mol. The van der Waals surface area contributed by atoms with Crippen LogP contribution in [-0.2, 0) is 0 Å². The first-order valence-electron chi connectivity index (χ1n) is 8.72. The molecule has 3 aromatic rings. The zero-order chi connectivity index (χ0) is 17.8. The van der Waals surface area contributed by atoms with Crippen molar-refractivity contribution < 1.29 is 4.74 Å². The van der Waals surface area contributed by atoms with Gasteiger partial charge in [-0.3, -0.25) is 0 Å². The molecule has 0 radical (unpaired) electrons. The molecule has 126 valence electrons. The van der Waals surface area contributed by atoms with Crippen LogP contribution in [0.1, 0.15) is 22.7 Å². The molecule has 1 unspecified atom stereocenters. The molecule has 1 aliphatic heterocycles. The molecule has 1 heterocycles. The van der Waals surface area contributed by atoms with Gasteiger partial charge in [0.05, 0.1) is 5.57 Å². The number of hydrogen-bond donors (Lipinski definition) is 0. The normalized spacial score (nSPS) is 18.3. The molecule has 0 spiro atoms. The summed E-state index contributed by atoms with van der Waals surface area (Å²) in [7, 11) is 0. The van der Waals surface area contributed by atoms with Crippen LogP contribution in [-0.4, -0.2) is 10.5 Å². The van der Waals surface area contributed by atoms with Gasteiger partial charge >= 0.3 is 0 Å². The van der Waals surface area contributed by atoms with Crippen LogP contribution in [0.3, 0.4) is 0 Å². The lowest BCUT2D eigenvalue weighted by molar-refractivity contribution is -0.517. The van der Waals surface area contributed by atoms with Gasteiger partial charge in [0.15, 0.2) is 0 Å². The van der Waals surface area contributed by atoms with Gasteiger partial charge in [-0.05, 0) is 23.8 Å². The van der Waals surface area contributed by atoms with Crippen LogP contribution in [0.25, 0.3) is 6.08 Å². The minimum absolute atomic E-state index is 0.258. The molecule has 0 N–H and O–H groups in total. The average Bonchev–Trinajstić information content (AvgIpc) is 2.70. The molecular formula is C24H19NO. The van der Waals surface area contributed by atoms with Crippen LogP contribution in [0, 0.1) is 5.21 Å². The number of allylic oxidation sites excluding steroid dienone is 2. The molecule has 0 aromatic heterocycles. The molecule has 2 nitrogen and oxygen atoms in total. The van der Waals surface area contributed by atoms with Gasteiger partial charge in [-0.1, -0.05) is 91.0 Å². The molecule has 1 aliphatic rings. The van der Waals surface area contributed by atoms with E-state index in [0.29, 0.717) is 0 Å². The van der Waals surface area contributed by atoms with E-state index in [1.807, 2.05) is 84.9 Å². The summed E-state index contributed by atoms with van der Waals surface area (Å²) in [6, 6.07) is 29.7. The fourth-order valence-corrected chi connectivity index (χ4v) is 3.28. The van der Waals surface area contributed by atoms with Crippen LogP contribution in [0.4, 0.5) is 0 Å². The first kappa shape index (κ1) is 16.1. The molecule has 0 saturated heterocycles. The second kappa shape index (κ2) is 7.24. The Kier molecular flexibility index (Phi) is 4.48. The third kappa shape index (κ3) is 3.09. The van der Waals surface area contributed by atoms with Gasteiger partial charge in [0.25, 0.3) is 0 Å². The van der Waals surface area contributed by atoms with E-state index in [2.05, 4.69) is 24.3 Å². The third-order valence-corrected chi connectivity index (χ3v) is 4.55. The van der Waals surface area contributed by atoms with Crippen LogP contribution < -0.4 is 0 Å². The van der Waals surface area contributed by atoms with Crippen LogP contribution in [0.15, 0.2) is 109 Å². The summed E-state index contributed by atoms with van der Waals surface area (Å²) in [4.78, 5) is 0. The summed E-state index contributed by atoms with van der Waals surface area (Å²) in [6.07, 6.45) is 6.14. The fraction of sp³-hybridized carbons (Fsp3) is 0.0417. The van der Waals surface area contributed by atoms with Crippen LogP contribution in [0.5, 0.6) is 0 Å². The Morgan fingerprint density at radius 3 is 1.96 bits per heavy atom. The van der Waals surface area contributed by atoms with E-state index in [9.17, 15) is 5.21 Å². The monoisotopic (exact) mass is 337 g/mol. The lowest BCUT2D eigenvalue weighted by atomic mass is 9.85. The van der Waals surface area contributed by atoms with Gasteiger partial charge in [-0.2, -0.15) is 4.74 Å². The summed E-state index contributed by atoms with van der Waals surface area (Å²) in [5, 5.41) is 12.8. The van der Waals surface area contributed by atoms with E-state index in [1.165, 1.54) is 0 Å². The van der Waals surface area contributed by atoms with E-state index in [1.54, 1.807) is 0 Å². The maximum absolute atomic E-state index is 12.8. The molecule has 0 saturated carbocycles. The second-order valence-electron chi connectivity index (χ2n) is 6.25. The van der Waals surface area contributed by atoms with Crippen molar-refractivity contribution >= 4 is 11.8 Å². The molecule has 26 heavy (non-hydrogen) atoms. The number of benzene rings is 3. The number of nitrogens with zero attached hydrogens (tertiary/aromatic N) is 1. The van der Waals surface area contributed by atoms with Crippen molar-refractivity contribution in [3.63, 3.8) is 0 Å². The van der Waals surface area contributed by atoms with Gasteiger partial charge in [-0.25, -0.2) is 0 Å². The molecule has 0 aliphatic carbocycles. The van der Waals surface area contributed by atoms with Gasteiger partial charge in [-0.15, -0.1) is 0 Å². The Morgan fingerprint density at radius 1 is 0.731 bits per heavy atom. The summed E-state index contributed by atoms with van der Waals surface area (Å²) in [6.45, 7) is 0. The standard InChI is InChI=1S/C24H19NO/c26-25-23(20-14-6-2-7-15-20)22(24(25)21-16-8-3-9-17-21)18-10-13-19-11-4-1-5-12-19/h1-18,23H/b13-10+,22-18+. The Balaban J connectivity index is 1.73. The van der Waals surface area contributed by atoms with Crippen LogP contribution >= 0.6 is 0 Å². The maximum atomic E-state index is 12.8. The maximum Gasteiger partial charge on any atom is 0.229 e. The number of hydrogen-bond acceptors (Lipinski definition) is 1. The molecule has 0 bridgehead atoms. The lowest BCUT2D eigenvalue weighted by Gasteiger charge is -2.31. The quantitative estimate of drug-likeness (QED) is 0.463. The molecular weight excluding hydrogens is 318 g/mol. The first-order chi connectivity index (χ1) is 12.8. The largest absolute Gasteiger partial charge is 0.623 e. The highest BCUT2D eigenvalue weighted by Gasteiger charge is 2.42. The van der Waals surface area contributed by atoms with Crippen molar-refractivity contribution in [1.29, 1.82) is 0 Å². The summed E-state index contributed by atoms with van der Waals surface area (Å²) in [5.74, 6) is 0. The van der Waals surface area contributed by atoms with Crippen molar-refractivity contribution in [1.82, 2.24) is 0 Å².